The third-order valence-electron chi connectivity index (χ3n) is 3.68. The Kier molecular flexibility index (Phi) is 3.44. The van der Waals surface area contributed by atoms with Crippen molar-refractivity contribution in [1.82, 2.24) is 5.32 Å². The van der Waals surface area contributed by atoms with E-state index in [4.69, 9.17) is 16.3 Å². The van der Waals surface area contributed by atoms with Gasteiger partial charge in [0, 0.05) is 22.1 Å². The molecule has 0 amide bonds. The van der Waals surface area contributed by atoms with E-state index in [1.807, 2.05) is 12.1 Å². The van der Waals surface area contributed by atoms with Crippen molar-refractivity contribution < 1.29 is 4.74 Å². The molecule has 3 rings (SSSR count). The number of hydrogen-bond acceptors (Lipinski definition) is 2. The molecule has 0 spiro atoms. The van der Waals surface area contributed by atoms with Crippen LogP contribution in [0.4, 0.5) is 0 Å². The Balaban J connectivity index is 1.60. The molecule has 2 bridgehead atoms. The largest absolute Gasteiger partial charge is 0.373 e. The topological polar surface area (TPSA) is 21.3 Å². The molecule has 3 unspecified atom stereocenters. The van der Waals surface area contributed by atoms with Gasteiger partial charge in [-0.1, -0.05) is 33.6 Å². The lowest BCUT2D eigenvalue weighted by atomic mass is 9.95. The average molecular weight is 317 g/mol. The summed E-state index contributed by atoms with van der Waals surface area (Å²) in [6.07, 6.45) is 4.56. The Labute approximate surface area is 115 Å². The van der Waals surface area contributed by atoms with E-state index in [1.54, 1.807) is 0 Å². The highest BCUT2D eigenvalue weighted by molar-refractivity contribution is 9.10. The van der Waals surface area contributed by atoms with Gasteiger partial charge in [-0.05, 0) is 37.0 Å². The summed E-state index contributed by atoms with van der Waals surface area (Å²) in [5, 5.41) is 4.36. The number of fused-ring (bicyclic) bond motifs is 2. The third kappa shape index (κ3) is 2.53. The van der Waals surface area contributed by atoms with E-state index in [9.17, 15) is 0 Å². The standard InChI is InChI=1S/C13H15BrClNO/c14-11-5-9(15)2-1-8(11)7-16-12-6-10-3-4-13(12)17-10/h1-2,5,10,12-13,16H,3-4,6-7H2. The fourth-order valence-corrected chi connectivity index (χ4v) is 3.58. The minimum atomic E-state index is 0.436. The maximum absolute atomic E-state index is 5.93. The molecule has 4 heteroatoms. The van der Waals surface area contributed by atoms with E-state index < -0.39 is 0 Å². The average Bonchev–Trinajstić information content (AvgIpc) is 2.89. The van der Waals surface area contributed by atoms with Gasteiger partial charge in [-0.2, -0.15) is 0 Å². The van der Waals surface area contributed by atoms with Crippen LogP contribution in [-0.2, 0) is 11.3 Å². The van der Waals surface area contributed by atoms with Gasteiger partial charge in [0.15, 0.2) is 0 Å². The van der Waals surface area contributed by atoms with Crippen molar-refractivity contribution in [2.45, 2.75) is 44.1 Å². The van der Waals surface area contributed by atoms with Crippen molar-refractivity contribution in [2.75, 3.05) is 0 Å². The fraction of sp³-hybridized carbons (Fsp3) is 0.538. The minimum Gasteiger partial charge on any atom is -0.373 e. The first kappa shape index (κ1) is 12.0. The molecule has 0 aliphatic carbocycles. The van der Waals surface area contributed by atoms with Crippen LogP contribution >= 0.6 is 27.5 Å². The molecular formula is C13H15BrClNO. The smallest absolute Gasteiger partial charge is 0.0733 e. The van der Waals surface area contributed by atoms with Gasteiger partial charge in [-0.15, -0.1) is 0 Å². The molecule has 2 aliphatic rings. The molecule has 0 saturated carbocycles. The summed E-state index contributed by atoms with van der Waals surface area (Å²) in [4.78, 5) is 0. The second-order valence-corrected chi connectivity index (χ2v) is 6.12. The highest BCUT2D eigenvalue weighted by Crippen LogP contribution is 2.34. The molecule has 0 aromatic heterocycles. The molecule has 1 aromatic rings. The molecule has 2 saturated heterocycles. The van der Waals surface area contributed by atoms with Gasteiger partial charge in [-0.25, -0.2) is 0 Å². The number of benzene rings is 1. The van der Waals surface area contributed by atoms with Crippen LogP contribution in [0.15, 0.2) is 22.7 Å². The zero-order valence-electron chi connectivity index (χ0n) is 9.46. The number of nitrogens with one attached hydrogen (secondary N) is 1. The normalized spacial score (nSPS) is 31.1. The Morgan fingerprint density at radius 3 is 2.94 bits per heavy atom. The van der Waals surface area contributed by atoms with Gasteiger partial charge in [0.1, 0.15) is 0 Å². The quantitative estimate of drug-likeness (QED) is 0.921. The van der Waals surface area contributed by atoms with Crippen LogP contribution in [0.1, 0.15) is 24.8 Å². The number of rotatable bonds is 3. The minimum absolute atomic E-state index is 0.436. The summed E-state index contributed by atoms with van der Waals surface area (Å²) in [5.74, 6) is 0. The Hall–Kier alpha value is -0.0900. The molecule has 1 aromatic carbocycles. The molecule has 3 atom stereocenters. The summed E-state index contributed by atoms with van der Waals surface area (Å²) in [7, 11) is 0. The summed E-state index contributed by atoms with van der Waals surface area (Å²) in [6, 6.07) is 6.46. The highest BCUT2D eigenvalue weighted by Gasteiger charge is 2.40. The summed E-state index contributed by atoms with van der Waals surface area (Å²) in [6.45, 7) is 0.870. The van der Waals surface area contributed by atoms with Gasteiger partial charge in [0.25, 0.3) is 0 Å². The zero-order chi connectivity index (χ0) is 11.8. The highest BCUT2D eigenvalue weighted by atomic mass is 79.9. The van der Waals surface area contributed by atoms with Crippen LogP contribution in [-0.4, -0.2) is 18.2 Å². The zero-order valence-corrected chi connectivity index (χ0v) is 11.8. The van der Waals surface area contributed by atoms with E-state index in [1.165, 1.54) is 18.4 Å². The number of ether oxygens (including phenoxy) is 1. The second kappa shape index (κ2) is 4.88. The first-order chi connectivity index (χ1) is 8.22. The summed E-state index contributed by atoms with van der Waals surface area (Å²) >= 11 is 9.47. The molecular weight excluding hydrogens is 302 g/mol. The predicted molar refractivity (Wildman–Crippen MR) is 72.3 cm³/mol. The molecule has 92 valence electrons. The first-order valence-corrected chi connectivity index (χ1v) is 7.22. The van der Waals surface area contributed by atoms with Crippen LogP contribution in [0, 0.1) is 0 Å². The van der Waals surface area contributed by atoms with Crippen molar-refractivity contribution >= 4 is 27.5 Å². The van der Waals surface area contributed by atoms with Crippen LogP contribution in [0.3, 0.4) is 0 Å². The molecule has 2 fully saturated rings. The first-order valence-electron chi connectivity index (χ1n) is 6.05. The maximum atomic E-state index is 5.93. The summed E-state index contributed by atoms with van der Waals surface area (Å²) in [5.41, 5.74) is 1.25. The van der Waals surface area contributed by atoms with Gasteiger partial charge in [0.2, 0.25) is 0 Å². The van der Waals surface area contributed by atoms with E-state index in [-0.39, 0.29) is 0 Å². The lowest BCUT2D eigenvalue weighted by molar-refractivity contribution is 0.0973. The van der Waals surface area contributed by atoms with Gasteiger partial charge >= 0.3 is 0 Å². The van der Waals surface area contributed by atoms with Gasteiger partial charge in [0.05, 0.1) is 12.2 Å². The van der Waals surface area contributed by atoms with E-state index >= 15 is 0 Å². The third-order valence-corrected chi connectivity index (χ3v) is 4.65. The molecule has 2 nitrogen and oxygen atoms in total. The molecule has 2 aliphatic heterocycles. The van der Waals surface area contributed by atoms with E-state index in [0.717, 1.165) is 22.5 Å². The molecule has 0 radical (unpaired) electrons. The van der Waals surface area contributed by atoms with Crippen molar-refractivity contribution in [3.05, 3.63) is 33.3 Å². The van der Waals surface area contributed by atoms with E-state index in [2.05, 4.69) is 27.3 Å². The number of hydrogen-bond donors (Lipinski definition) is 1. The Morgan fingerprint density at radius 1 is 1.41 bits per heavy atom. The van der Waals surface area contributed by atoms with Crippen LogP contribution < -0.4 is 5.32 Å². The van der Waals surface area contributed by atoms with Crippen LogP contribution in [0.25, 0.3) is 0 Å². The lowest BCUT2D eigenvalue weighted by Gasteiger charge is -2.20. The van der Waals surface area contributed by atoms with Crippen LogP contribution in [0.5, 0.6) is 0 Å². The molecule has 2 heterocycles. The van der Waals surface area contributed by atoms with Crippen molar-refractivity contribution in [1.29, 1.82) is 0 Å². The van der Waals surface area contributed by atoms with Crippen molar-refractivity contribution in [3.63, 3.8) is 0 Å². The van der Waals surface area contributed by atoms with Gasteiger partial charge in [-0.3, -0.25) is 0 Å². The maximum Gasteiger partial charge on any atom is 0.0733 e. The summed E-state index contributed by atoms with van der Waals surface area (Å²) < 4.78 is 6.90. The van der Waals surface area contributed by atoms with Crippen molar-refractivity contribution in [3.8, 4) is 0 Å². The molecule has 1 N–H and O–H groups in total. The Bertz CT molecular complexity index is 426. The number of halogens is 2. The monoisotopic (exact) mass is 315 g/mol. The fourth-order valence-electron chi connectivity index (χ4n) is 2.76. The van der Waals surface area contributed by atoms with Crippen LogP contribution in [0.2, 0.25) is 5.02 Å². The SMILES string of the molecule is Clc1ccc(CNC2CC3CCC2O3)c(Br)c1. The predicted octanol–water partition coefficient (Wildman–Crippen LogP) is 3.51. The second-order valence-electron chi connectivity index (χ2n) is 4.83. The van der Waals surface area contributed by atoms with E-state index in [0.29, 0.717) is 18.2 Å². The van der Waals surface area contributed by atoms with Crippen molar-refractivity contribution in [2.24, 2.45) is 0 Å². The van der Waals surface area contributed by atoms with Gasteiger partial charge < -0.3 is 10.1 Å². The lowest BCUT2D eigenvalue weighted by Crippen LogP contribution is -2.37. The molecule has 17 heavy (non-hydrogen) atoms. The Morgan fingerprint density at radius 2 is 2.29 bits per heavy atom.